The number of aryl methyl sites for hydroxylation is 2. The van der Waals surface area contributed by atoms with E-state index in [0.29, 0.717) is 12.2 Å². The van der Waals surface area contributed by atoms with E-state index in [9.17, 15) is 4.79 Å². The summed E-state index contributed by atoms with van der Waals surface area (Å²) in [5, 5.41) is 6.67. The second kappa shape index (κ2) is 5.35. The van der Waals surface area contributed by atoms with E-state index >= 15 is 0 Å². The molecule has 110 valence electrons. The van der Waals surface area contributed by atoms with Crippen LogP contribution in [-0.4, -0.2) is 17.6 Å². The first-order chi connectivity index (χ1) is 10.1. The molecule has 0 aliphatic heterocycles. The summed E-state index contributed by atoms with van der Waals surface area (Å²) in [6, 6.07) is 8.21. The topological polar surface area (TPSA) is 55.1 Å². The molecule has 0 unspecified atom stereocenters. The zero-order valence-electron chi connectivity index (χ0n) is 12.5. The van der Waals surface area contributed by atoms with Gasteiger partial charge in [-0.05, 0) is 43.4 Å². The Balaban J connectivity index is 1.74. The first-order valence-electron chi connectivity index (χ1n) is 7.37. The molecule has 21 heavy (non-hydrogen) atoms. The van der Waals surface area contributed by atoms with E-state index in [0.717, 1.165) is 12.8 Å². The van der Waals surface area contributed by atoms with E-state index in [1.807, 2.05) is 0 Å². The van der Waals surface area contributed by atoms with E-state index in [1.165, 1.54) is 29.4 Å². The lowest BCUT2D eigenvalue weighted by atomic mass is 9.64. The smallest absolute Gasteiger partial charge is 0.273 e. The molecule has 2 aromatic rings. The number of carbonyl (C=O) groups excluding carboxylic acids is 1. The van der Waals surface area contributed by atoms with Crippen molar-refractivity contribution in [2.45, 2.75) is 38.5 Å². The van der Waals surface area contributed by atoms with Crippen molar-refractivity contribution in [3.05, 3.63) is 52.9 Å². The molecule has 1 aromatic carbocycles. The number of amides is 1. The van der Waals surface area contributed by atoms with E-state index in [-0.39, 0.29) is 11.3 Å². The lowest BCUT2D eigenvalue weighted by Gasteiger charge is -2.42. The van der Waals surface area contributed by atoms with Crippen LogP contribution >= 0.6 is 0 Å². The predicted octanol–water partition coefficient (Wildman–Crippen LogP) is 3.14. The molecule has 1 saturated carbocycles. The van der Waals surface area contributed by atoms with Gasteiger partial charge in [-0.3, -0.25) is 4.79 Å². The van der Waals surface area contributed by atoms with Crippen LogP contribution in [0.5, 0.6) is 0 Å². The Hall–Kier alpha value is -2.10. The summed E-state index contributed by atoms with van der Waals surface area (Å²) in [5.41, 5.74) is 4.36. The molecule has 1 aliphatic rings. The maximum atomic E-state index is 12.0. The Kier molecular flexibility index (Phi) is 3.53. The highest BCUT2D eigenvalue weighted by Gasteiger charge is 2.39. The molecule has 0 radical (unpaired) electrons. The second-order valence-corrected chi connectivity index (χ2v) is 6.00. The van der Waals surface area contributed by atoms with E-state index < -0.39 is 0 Å². The first kappa shape index (κ1) is 13.9. The van der Waals surface area contributed by atoms with Gasteiger partial charge in [-0.1, -0.05) is 29.8 Å². The Bertz CT molecular complexity index is 643. The zero-order valence-corrected chi connectivity index (χ0v) is 12.5. The van der Waals surface area contributed by atoms with E-state index in [4.69, 9.17) is 4.52 Å². The number of aromatic nitrogens is 1. The van der Waals surface area contributed by atoms with Crippen LogP contribution in [0.3, 0.4) is 0 Å². The van der Waals surface area contributed by atoms with E-state index in [1.54, 1.807) is 6.07 Å². The molecule has 0 saturated heterocycles. The van der Waals surface area contributed by atoms with Gasteiger partial charge in [0.2, 0.25) is 0 Å². The van der Waals surface area contributed by atoms with Crippen LogP contribution in [0.15, 0.2) is 35.1 Å². The third-order valence-corrected chi connectivity index (χ3v) is 4.69. The monoisotopic (exact) mass is 284 g/mol. The predicted molar refractivity (Wildman–Crippen MR) is 80.3 cm³/mol. The van der Waals surface area contributed by atoms with Crippen LogP contribution in [0.4, 0.5) is 0 Å². The minimum absolute atomic E-state index is 0.0812. The summed E-state index contributed by atoms with van der Waals surface area (Å²) in [6.45, 7) is 4.92. The summed E-state index contributed by atoms with van der Waals surface area (Å²) < 4.78 is 4.71. The summed E-state index contributed by atoms with van der Waals surface area (Å²) in [7, 11) is 0. The van der Waals surface area contributed by atoms with Crippen molar-refractivity contribution in [1.29, 1.82) is 0 Å². The van der Waals surface area contributed by atoms with Gasteiger partial charge in [0, 0.05) is 18.0 Å². The number of rotatable bonds is 4. The van der Waals surface area contributed by atoms with Crippen LogP contribution in [0.25, 0.3) is 0 Å². The van der Waals surface area contributed by atoms with Crippen LogP contribution in [-0.2, 0) is 5.41 Å². The zero-order chi connectivity index (χ0) is 14.9. The van der Waals surface area contributed by atoms with Crippen LogP contribution < -0.4 is 5.32 Å². The van der Waals surface area contributed by atoms with Crippen molar-refractivity contribution < 1.29 is 9.32 Å². The summed E-state index contributed by atoms with van der Waals surface area (Å²) >= 11 is 0. The molecule has 1 fully saturated rings. The number of carbonyl (C=O) groups is 1. The molecule has 0 atom stereocenters. The van der Waals surface area contributed by atoms with Crippen LogP contribution in [0.2, 0.25) is 0 Å². The van der Waals surface area contributed by atoms with Crippen LogP contribution in [0.1, 0.15) is 46.4 Å². The Morgan fingerprint density at radius 3 is 2.67 bits per heavy atom. The Morgan fingerprint density at radius 2 is 2.10 bits per heavy atom. The maximum Gasteiger partial charge on any atom is 0.273 e. The van der Waals surface area contributed by atoms with Crippen molar-refractivity contribution in [1.82, 2.24) is 10.5 Å². The minimum atomic E-state index is -0.168. The van der Waals surface area contributed by atoms with Gasteiger partial charge in [-0.15, -0.1) is 0 Å². The lowest BCUT2D eigenvalue weighted by Crippen LogP contribution is -2.45. The molecule has 1 aliphatic carbocycles. The molecule has 1 amide bonds. The molecule has 3 rings (SSSR count). The SMILES string of the molecule is Cc1ccc(C2(CNC(=O)c3ccon3)CCC2)cc1C. The standard InChI is InChI=1S/C17H20N2O2/c1-12-4-5-14(10-13(12)2)17(7-3-8-17)11-18-16(20)15-6-9-21-19-15/h4-6,9-10H,3,7-8,11H2,1-2H3,(H,18,20). The highest BCUT2D eigenvalue weighted by molar-refractivity contribution is 5.92. The van der Waals surface area contributed by atoms with Gasteiger partial charge < -0.3 is 9.84 Å². The number of benzene rings is 1. The van der Waals surface area contributed by atoms with Crippen molar-refractivity contribution in [3.63, 3.8) is 0 Å². The van der Waals surface area contributed by atoms with Gasteiger partial charge in [-0.25, -0.2) is 0 Å². The second-order valence-electron chi connectivity index (χ2n) is 6.00. The Morgan fingerprint density at radius 1 is 1.29 bits per heavy atom. The van der Waals surface area contributed by atoms with Crippen molar-refractivity contribution in [3.8, 4) is 0 Å². The third kappa shape index (κ3) is 2.58. The molecule has 0 bridgehead atoms. The fourth-order valence-corrected chi connectivity index (χ4v) is 2.91. The summed E-state index contributed by atoms with van der Waals surface area (Å²) in [6.07, 6.45) is 4.87. The average molecular weight is 284 g/mol. The summed E-state index contributed by atoms with van der Waals surface area (Å²) in [4.78, 5) is 12.0. The normalized spacial score (nSPS) is 16.3. The van der Waals surface area contributed by atoms with Gasteiger partial charge in [0.15, 0.2) is 5.69 Å². The molecular formula is C17H20N2O2. The van der Waals surface area contributed by atoms with Gasteiger partial charge >= 0.3 is 0 Å². The fourth-order valence-electron chi connectivity index (χ4n) is 2.91. The van der Waals surface area contributed by atoms with E-state index in [2.05, 4.69) is 42.5 Å². The highest BCUT2D eigenvalue weighted by Crippen LogP contribution is 2.43. The molecule has 0 spiro atoms. The van der Waals surface area contributed by atoms with Crippen molar-refractivity contribution in [2.75, 3.05) is 6.54 Å². The quantitative estimate of drug-likeness (QED) is 0.938. The fraction of sp³-hybridized carbons (Fsp3) is 0.412. The largest absolute Gasteiger partial charge is 0.364 e. The number of hydrogen-bond donors (Lipinski definition) is 1. The van der Waals surface area contributed by atoms with Gasteiger partial charge in [0.1, 0.15) is 6.26 Å². The van der Waals surface area contributed by atoms with Gasteiger partial charge in [0.25, 0.3) is 5.91 Å². The third-order valence-electron chi connectivity index (χ3n) is 4.69. The van der Waals surface area contributed by atoms with Gasteiger partial charge in [0.05, 0.1) is 0 Å². The number of nitrogens with zero attached hydrogens (tertiary/aromatic N) is 1. The highest BCUT2D eigenvalue weighted by atomic mass is 16.5. The minimum Gasteiger partial charge on any atom is -0.364 e. The van der Waals surface area contributed by atoms with Crippen molar-refractivity contribution in [2.24, 2.45) is 0 Å². The summed E-state index contributed by atoms with van der Waals surface area (Å²) in [5.74, 6) is -0.168. The molecular weight excluding hydrogens is 264 g/mol. The molecule has 1 heterocycles. The number of hydrogen-bond acceptors (Lipinski definition) is 3. The molecule has 1 N–H and O–H groups in total. The molecule has 4 nitrogen and oxygen atoms in total. The van der Waals surface area contributed by atoms with Gasteiger partial charge in [-0.2, -0.15) is 0 Å². The Labute approximate surface area is 124 Å². The molecule has 1 aromatic heterocycles. The first-order valence-corrected chi connectivity index (χ1v) is 7.37. The van der Waals surface area contributed by atoms with Crippen molar-refractivity contribution >= 4 is 5.91 Å². The maximum absolute atomic E-state index is 12.0. The average Bonchev–Trinajstić information content (AvgIpc) is 2.95. The molecule has 4 heteroatoms. The number of nitrogens with one attached hydrogen (secondary N) is 1. The van der Waals surface area contributed by atoms with Crippen LogP contribution in [0, 0.1) is 13.8 Å². The lowest BCUT2D eigenvalue weighted by molar-refractivity contribution is 0.0919.